The summed E-state index contributed by atoms with van der Waals surface area (Å²) in [5, 5.41) is 6.07. The third kappa shape index (κ3) is 4.39. The van der Waals surface area contributed by atoms with Crippen molar-refractivity contribution in [2.45, 2.75) is 31.3 Å². The van der Waals surface area contributed by atoms with Crippen molar-refractivity contribution in [1.29, 1.82) is 0 Å². The lowest BCUT2D eigenvalue weighted by Gasteiger charge is -2.14. The number of hydrogen-bond acceptors (Lipinski definition) is 3. The first-order chi connectivity index (χ1) is 6.76. The molecule has 0 bridgehead atoms. The second-order valence-corrected chi connectivity index (χ2v) is 3.68. The van der Waals surface area contributed by atoms with Crippen LogP contribution < -0.4 is 16.4 Å². The Kier molecular flexibility index (Phi) is 4.62. The molecule has 1 aliphatic carbocycles. The second-order valence-electron chi connectivity index (χ2n) is 3.68. The largest absolute Gasteiger partial charge is 0.353 e. The van der Waals surface area contributed by atoms with Crippen molar-refractivity contribution in [3.63, 3.8) is 0 Å². The van der Waals surface area contributed by atoms with Gasteiger partial charge in [0, 0.05) is 31.6 Å². The van der Waals surface area contributed by atoms with E-state index in [1.54, 1.807) is 6.08 Å². The van der Waals surface area contributed by atoms with Crippen molar-refractivity contribution < 1.29 is 4.79 Å². The lowest BCUT2D eigenvalue weighted by atomic mass is 10.2. The third-order valence-corrected chi connectivity index (χ3v) is 2.21. The first kappa shape index (κ1) is 11.2. The van der Waals surface area contributed by atoms with E-state index in [9.17, 15) is 4.79 Å². The molecule has 0 heterocycles. The molecule has 0 aromatic carbocycles. The van der Waals surface area contributed by atoms with Crippen LogP contribution in [-0.2, 0) is 4.79 Å². The quantitative estimate of drug-likeness (QED) is 0.493. The standard InChI is InChI=1S/C10H19N3O/c1-2-5-12-9(7-11)6-10(14)13-8-3-4-8/h2,8-9,12H,1,3-7,11H2,(H,13,14). The highest BCUT2D eigenvalue weighted by atomic mass is 16.1. The molecule has 14 heavy (non-hydrogen) atoms. The normalized spacial score (nSPS) is 17.5. The molecule has 1 fully saturated rings. The predicted octanol–water partition coefficient (Wildman–Crippen LogP) is -0.242. The maximum Gasteiger partial charge on any atom is 0.221 e. The Morgan fingerprint density at radius 1 is 1.64 bits per heavy atom. The molecule has 4 N–H and O–H groups in total. The topological polar surface area (TPSA) is 67.1 Å². The lowest BCUT2D eigenvalue weighted by molar-refractivity contribution is -0.121. The minimum atomic E-state index is 0.0618. The van der Waals surface area contributed by atoms with Crippen LogP contribution in [0.1, 0.15) is 19.3 Å². The summed E-state index contributed by atoms with van der Waals surface area (Å²) >= 11 is 0. The van der Waals surface area contributed by atoms with Gasteiger partial charge in [0.25, 0.3) is 0 Å². The Hall–Kier alpha value is -0.870. The third-order valence-electron chi connectivity index (χ3n) is 2.21. The van der Waals surface area contributed by atoms with Gasteiger partial charge in [-0.15, -0.1) is 6.58 Å². The fraction of sp³-hybridized carbons (Fsp3) is 0.700. The fourth-order valence-corrected chi connectivity index (χ4v) is 1.23. The number of hydrogen-bond donors (Lipinski definition) is 3. The molecule has 0 radical (unpaired) electrons. The van der Waals surface area contributed by atoms with Crippen molar-refractivity contribution in [1.82, 2.24) is 10.6 Å². The van der Waals surface area contributed by atoms with Crippen LogP contribution in [0.15, 0.2) is 12.7 Å². The molecule has 0 saturated heterocycles. The van der Waals surface area contributed by atoms with Gasteiger partial charge < -0.3 is 16.4 Å². The SMILES string of the molecule is C=CCNC(CN)CC(=O)NC1CC1. The number of nitrogens with one attached hydrogen (secondary N) is 2. The Morgan fingerprint density at radius 2 is 2.36 bits per heavy atom. The van der Waals surface area contributed by atoms with Crippen molar-refractivity contribution >= 4 is 5.91 Å². The van der Waals surface area contributed by atoms with E-state index >= 15 is 0 Å². The molecule has 1 saturated carbocycles. The zero-order valence-electron chi connectivity index (χ0n) is 8.46. The van der Waals surface area contributed by atoms with Gasteiger partial charge >= 0.3 is 0 Å². The zero-order chi connectivity index (χ0) is 10.4. The summed E-state index contributed by atoms with van der Waals surface area (Å²) in [4.78, 5) is 11.4. The molecule has 4 nitrogen and oxygen atoms in total. The summed E-state index contributed by atoms with van der Waals surface area (Å²) in [6, 6.07) is 0.493. The van der Waals surface area contributed by atoms with Crippen LogP contribution in [-0.4, -0.2) is 31.1 Å². The Bertz CT molecular complexity index is 202. The summed E-state index contributed by atoms with van der Waals surface area (Å²) in [5.41, 5.74) is 5.53. The minimum Gasteiger partial charge on any atom is -0.353 e. The Labute approximate surface area is 84.9 Å². The van der Waals surface area contributed by atoms with E-state index in [1.807, 2.05) is 0 Å². The second kappa shape index (κ2) is 5.78. The molecule has 4 heteroatoms. The molecule has 0 aromatic rings. The minimum absolute atomic E-state index is 0.0618. The van der Waals surface area contributed by atoms with Crippen LogP contribution in [0.5, 0.6) is 0 Å². The van der Waals surface area contributed by atoms with E-state index in [2.05, 4.69) is 17.2 Å². The highest BCUT2D eigenvalue weighted by molar-refractivity contribution is 5.77. The Balaban J connectivity index is 2.16. The van der Waals surface area contributed by atoms with E-state index in [0.717, 1.165) is 12.8 Å². The number of carbonyl (C=O) groups excluding carboxylic acids is 1. The molecule has 0 spiro atoms. The summed E-state index contributed by atoms with van der Waals surface area (Å²) in [6.07, 6.45) is 4.47. The van der Waals surface area contributed by atoms with Gasteiger partial charge in [0.2, 0.25) is 5.91 Å². The van der Waals surface area contributed by atoms with Crippen molar-refractivity contribution in [2.24, 2.45) is 5.73 Å². The predicted molar refractivity (Wildman–Crippen MR) is 56.8 cm³/mol. The first-order valence-electron chi connectivity index (χ1n) is 5.10. The van der Waals surface area contributed by atoms with Crippen LogP contribution in [0.3, 0.4) is 0 Å². The molecular formula is C10H19N3O. The summed E-state index contributed by atoms with van der Waals surface area (Å²) < 4.78 is 0. The van der Waals surface area contributed by atoms with Gasteiger partial charge in [-0.1, -0.05) is 6.08 Å². The van der Waals surface area contributed by atoms with Crippen LogP contribution in [0.25, 0.3) is 0 Å². The van der Waals surface area contributed by atoms with E-state index in [4.69, 9.17) is 5.73 Å². The van der Waals surface area contributed by atoms with E-state index in [1.165, 1.54) is 0 Å². The van der Waals surface area contributed by atoms with Crippen molar-refractivity contribution in [3.05, 3.63) is 12.7 Å². The van der Waals surface area contributed by atoms with Gasteiger partial charge in [-0.2, -0.15) is 0 Å². The van der Waals surface area contributed by atoms with Crippen LogP contribution in [0.2, 0.25) is 0 Å². The summed E-state index contributed by atoms with van der Waals surface area (Å²) in [7, 11) is 0. The van der Waals surface area contributed by atoms with E-state index in [-0.39, 0.29) is 11.9 Å². The number of carbonyl (C=O) groups is 1. The number of amides is 1. The van der Waals surface area contributed by atoms with Crippen LogP contribution >= 0.6 is 0 Å². The van der Waals surface area contributed by atoms with Gasteiger partial charge in [0.05, 0.1) is 0 Å². The molecular weight excluding hydrogens is 178 g/mol. The van der Waals surface area contributed by atoms with Gasteiger partial charge in [-0.25, -0.2) is 0 Å². The smallest absolute Gasteiger partial charge is 0.221 e. The fourth-order valence-electron chi connectivity index (χ4n) is 1.23. The van der Waals surface area contributed by atoms with Gasteiger partial charge in [-0.05, 0) is 12.8 Å². The monoisotopic (exact) mass is 197 g/mol. The molecule has 1 atom stereocenters. The maximum absolute atomic E-state index is 11.4. The van der Waals surface area contributed by atoms with E-state index in [0.29, 0.717) is 25.6 Å². The Morgan fingerprint density at radius 3 is 2.86 bits per heavy atom. The molecule has 80 valence electrons. The summed E-state index contributed by atoms with van der Waals surface area (Å²) in [6.45, 7) is 4.77. The van der Waals surface area contributed by atoms with Gasteiger partial charge in [0.1, 0.15) is 0 Å². The van der Waals surface area contributed by atoms with Crippen molar-refractivity contribution in [3.8, 4) is 0 Å². The number of nitrogens with two attached hydrogens (primary N) is 1. The highest BCUT2D eigenvalue weighted by Crippen LogP contribution is 2.18. The summed E-state index contributed by atoms with van der Waals surface area (Å²) in [5.74, 6) is 0.0968. The molecule has 1 aliphatic rings. The zero-order valence-corrected chi connectivity index (χ0v) is 8.46. The highest BCUT2D eigenvalue weighted by Gasteiger charge is 2.24. The number of rotatable bonds is 7. The molecule has 1 amide bonds. The van der Waals surface area contributed by atoms with Crippen LogP contribution in [0.4, 0.5) is 0 Å². The molecule has 1 rings (SSSR count). The van der Waals surface area contributed by atoms with Crippen LogP contribution in [0, 0.1) is 0 Å². The van der Waals surface area contributed by atoms with Gasteiger partial charge in [0.15, 0.2) is 0 Å². The lowest BCUT2D eigenvalue weighted by Crippen LogP contribution is -2.41. The van der Waals surface area contributed by atoms with E-state index < -0.39 is 0 Å². The molecule has 0 aromatic heterocycles. The average Bonchev–Trinajstić information content (AvgIpc) is 2.95. The molecule has 0 aliphatic heterocycles. The maximum atomic E-state index is 11.4. The van der Waals surface area contributed by atoms with Crippen molar-refractivity contribution in [2.75, 3.05) is 13.1 Å². The average molecular weight is 197 g/mol. The molecule has 1 unspecified atom stereocenters. The van der Waals surface area contributed by atoms with Gasteiger partial charge in [-0.3, -0.25) is 4.79 Å². The first-order valence-corrected chi connectivity index (χ1v) is 5.10.